The summed E-state index contributed by atoms with van der Waals surface area (Å²) < 4.78 is 34.9. The van der Waals surface area contributed by atoms with Gasteiger partial charge in [0.1, 0.15) is 5.75 Å². The van der Waals surface area contributed by atoms with Crippen molar-refractivity contribution in [1.82, 2.24) is 5.32 Å². The largest absolute Gasteiger partial charge is 0.434 e. The monoisotopic (exact) mass is 285 g/mol. The molecule has 5 heteroatoms. The van der Waals surface area contributed by atoms with E-state index in [0.717, 1.165) is 25.0 Å². The van der Waals surface area contributed by atoms with Crippen LogP contribution in [0.1, 0.15) is 32.3 Å². The molecule has 0 aliphatic carbocycles. The van der Waals surface area contributed by atoms with Gasteiger partial charge in [-0.05, 0) is 32.8 Å². The van der Waals surface area contributed by atoms with Gasteiger partial charge < -0.3 is 14.8 Å². The van der Waals surface area contributed by atoms with Crippen molar-refractivity contribution in [3.8, 4) is 5.75 Å². The highest BCUT2D eigenvalue weighted by molar-refractivity contribution is 5.33. The van der Waals surface area contributed by atoms with Crippen LogP contribution in [-0.4, -0.2) is 24.9 Å². The number of hydrogen-bond acceptors (Lipinski definition) is 3. The molecular formula is C15H21F2NO2. The van der Waals surface area contributed by atoms with Crippen LogP contribution in [0, 0.1) is 0 Å². The molecule has 0 amide bonds. The second-order valence-electron chi connectivity index (χ2n) is 5.67. The van der Waals surface area contributed by atoms with Gasteiger partial charge in [-0.2, -0.15) is 8.78 Å². The lowest BCUT2D eigenvalue weighted by Gasteiger charge is -2.36. The van der Waals surface area contributed by atoms with E-state index in [4.69, 9.17) is 4.74 Å². The summed E-state index contributed by atoms with van der Waals surface area (Å²) in [5.41, 5.74) is 0.617. The number of rotatable bonds is 5. The van der Waals surface area contributed by atoms with E-state index in [1.54, 1.807) is 18.2 Å². The summed E-state index contributed by atoms with van der Waals surface area (Å²) in [6.45, 7) is 2.57. The third-order valence-electron chi connectivity index (χ3n) is 3.47. The Morgan fingerprint density at radius 3 is 2.85 bits per heavy atom. The summed E-state index contributed by atoms with van der Waals surface area (Å²) in [5, 5.41) is 3.40. The maximum atomic E-state index is 12.3. The second-order valence-corrected chi connectivity index (χ2v) is 5.67. The van der Waals surface area contributed by atoms with Crippen LogP contribution in [-0.2, 0) is 11.3 Å². The van der Waals surface area contributed by atoms with Gasteiger partial charge in [0.15, 0.2) is 0 Å². The first kappa shape index (κ1) is 15.2. The van der Waals surface area contributed by atoms with Crippen LogP contribution in [0.15, 0.2) is 24.3 Å². The molecule has 0 aromatic heterocycles. The van der Waals surface area contributed by atoms with Crippen molar-refractivity contribution in [1.29, 1.82) is 0 Å². The predicted molar refractivity (Wildman–Crippen MR) is 73.0 cm³/mol. The molecule has 1 N–H and O–H groups in total. The molecule has 0 bridgehead atoms. The number of para-hydroxylation sites is 1. The Balaban J connectivity index is 1.93. The number of ether oxygens (including phenoxy) is 2. The third kappa shape index (κ3) is 4.42. The summed E-state index contributed by atoms with van der Waals surface area (Å²) in [6, 6.07) is 7.22. The summed E-state index contributed by atoms with van der Waals surface area (Å²) in [6.07, 6.45) is 1.84. The lowest BCUT2D eigenvalue weighted by molar-refractivity contribution is -0.0632. The van der Waals surface area contributed by atoms with E-state index in [1.165, 1.54) is 0 Å². The van der Waals surface area contributed by atoms with Gasteiger partial charge in [0.2, 0.25) is 0 Å². The Bertz CT molecular complexity index is 438. The van der Waals surface area contributed by atoms with Gasteiger partial charge in [-0.15, -0.1) is 0 Å². The molecule has 1 aliphatic heterocycles. The molecule has 1 aromatic carbocycles. The zero-order valence-electron chi connectivity index (χ0n) is 11.9. The zero-order valence-corrected chi connectivity index (χ0v) is 11.9. The molecule has 0 saturated carbocycles. The topological polar surface area (TPSA) is 30.5 Å². The number of alkyl halides is 2. The van der Waals surface area contributed by atoms with Gasteiger partial charge in [0.05, 0.1) is 5.60 Å². The first-order chi connectivity index (χ1) is 9.46. The van der Waals surface area contributed by atoms with Gasteiger partial charge >= 0.3 is 6.61 Å². The first-order valence-electron chi connectivity index (χ1n) is 6.86. The van der Waals surface area contributed by atoms with Gasteiger partial charge in [-0.1, -0.05) is 18.2 Å². The Morgan fingerprint density at radius 1 is 1.40 bits per heavy atom. The average Bonchev–Trinajstić information content (AvgIpc) is 2.36. The normalized spacial score (nSPS) is 21.9. The van der Waals surface area contributed by atoms with Crippen LogP contribution >= 0.6 is 0 Å². The maximum absolute atomic E-state index is 12.3. The van der Waals surface area contributed by atoms with Gasteiger partial charge in [-0.3, -0.25) is 0 Å². The summed E-state index contributed by atoms with van der Waals surface area (Å²) >= 11 is 0. The Hall–Kier alpha value is -1.20. The van der Waals surface area contributed by atoms with Gasteiger partial charge in [-0.25, -0.2) is 0 Å². The minimum absolute atomic E-state index is 0.130. The van der Waals surface area contributed by atoms with Crippen LogP contribution in [0.4, 0.5) is 8.78 Å². The van der Waals surface area contributed by atoms with E-state index in [-0.39, 0.29) is 11.4 Å². The molecule has 0 radical (unpaired) electrons. The van der Waals surface area contributed by atoms with Crippen LogP contribution in [0.3, 0.4) is 0 Å². The van der Waals surface area contributed by atoms with E-state index >= 15 is 0 Å². The highest BCUT2D eigenvalue weighted by Crippen LogP contribution is 2.25. The summed E-state index contributed by atoms with van der Waals surface area (Å²) in [5.74, 6) is 0.237. The fourth-order valence-corrected chi connectivity index (χ4v) is 2.52. The molecule has 2 rings (SSSR count). The lowest BCUT2D eigenvalue weighted by Crippen LogP contribution is -2.43. The quantitative estimate of drug-likeness (QED) is 0.900. The molecule has 20 heavy (non-hydrogen) atoms. The third-order valence-corrected chi connectivity index (χ3v) is 3.47. The minimum atomic E-state index is -2.79. The maximum Gasteiger partial charge on any atom is 0.387 e. The first-order valence-corrected chi connectivity index (χ1v) is 6.86. The van der Waals surface area contributed by atoms with Crippen molar-refractivity contribution < 1.29 is 18.3 Å². The number of benzene rings is 1. The van der Waals surface area contributed by atoms with E-state index in [9.17, 15) is 8.78 Å². The van der Waals surface area contributed by atoms with Gasteiger partial charge in [0, 0.05) is 24.8 Å². The highest BCUT2D eigenvalue weighted by Gasteiger charge is 2.28. The summed E-state index contributed by atoms with van der Waals surface area (Å²) in [7, 11) is 0. The number of halogens is 2. The zero-order chi connectivity index (χ0) is 14.6. The minimum Gasteiger partial charge on any atom is -0.434 e. The average molecular weight is 285 g/mol. The predicted octanol–water partition coefficient (Wildman–Crippen LogP) is 3.34. The Morgan fingerprint density at radius 2 is 2.15 bits per heavy atom. The summed E-state index contributed by atoms with van der Waals surface area (Å²) in [4.78, 5) is 0. The van der Waals surface area contributed by atoms with Crippen molar-refractivity contribution in [2.24, 2.45) is 0 Å². The molecule has 1 aromatic rings. The standard InChI is InChI=1S/C15H21F2NO2/c1-15(2)9-12(7-8-19-15)18-10-11-5-3-4-6-13(11)20-14(16)17/h3-6,12,14,18H,7-10H2,1-2H3. The fraction of sp³-hybridized carbons (Fsp3) is 0.600. The molecule has 1 unspecified atom stereocenters. The van der Waals surface area contributed by atoms with Crippen molar-refractivity contribution in [2.45, 2.75) is 51.5 Å². The van der Waals surface area contributed by atoms with Crippen LogP contribution in [0.25, 0.3) is 0 Å². The van der Waals surface area contributed by atoms with Crippen molar-refractivity contribution >= 4 is 0 Å². The SMILES string of the molecule is CC1(C)CC(NCc2ccccc2OC(F)F)CCO1. The molecule has 3 nitrogen and oxygen atoms in total. The molecule has 1 saturated heterocycles. The molecule has 0 spiro atoms. The Kier molecular flexibility index (Phi) is 4.94. The molecule has 1 aliphatic rings. The fourth-order valence-electron chi connectivity index (χ4n) is 2.52. The second kappa shape index (κ2) is 6.50. The van der Waals surface area contributed by atoms with Crippen LogP contribution < -0.4 is 10.1 Å². The molecule has 1 atom stereocenters. The van der Waals surface area contributed by atoms with Gasteiger partial charge in [0.25, 0.3) is 0 Å². The Labute approximate surface area is 118 Å². The van der Waals surface area contributed by atoms with E-state index in [0.29, 0.717) is 12.6 Å². The highest BCUT2D eigenvalue weighted by atomic mass is 19.3. The number of nitrogens with one attached hydrogen (secondary N) is 1. The van der Waals surface area contributed by atoms with Crippen molar-refractivity contribution in [3.63, 3.8) is 0 Å². The van der Waals surface area contributed by atoms with E-state index in [2.05, 4.69) is 23.9 Å². The van der Waals surface area contributed by atoms with Crippen LogP contribution in [0.5, 0.6) is 5.75 Å². The van der Waals surface area contributed by atoms with E-state index < -0.39 is 6.61 Å². The van der Waals surface area contributed by atoms with Crippen molar-refractivity contribution in [2.75, 3.05) is 6.61 Å². The molecular weight excluding hydrogens is 264 g/mol. The smallest absolute Gasteiger partial charge is 0.387 e. The van der Waals surface area contributed by atoms with E-state index in [1.807, 2.05) is 6.07 Å². The molecule has 1 fully saturated rings. The number of hydrogen-bond donors (Lipinski definition) is 1. The van der Waals surface area contributed by atoms with Crippen LogP contribution in [0.2, 0.25) is 0 Å². The lowest BCUT2D eigenvalue weighted by atomic mass is 9.94. The molecule has 112 valence electrons. The van der Waals surface area contributed by atoms with Crippen molar-refractivity contribution in [3.05, 3.63) is 29.8 Å². The molecule has 1 heterocycles.